The van der Waals surface area contributed by atoms with Crippen LogP contribution in [0.1, 0.15) is 56.1 Å². The van der Waals surface area contributed by atoms with Crippen LogP contribution in [-0.4, -0.2) is 42.6 Å². The first-order chi connectivity index (χ1) is 17.4. The van der Waals surface area contributed by atoms with Gasteiger partial charge in [0.05, 0.1) is 0 Å². The minimum atomic E-state index is -1.76. The Morgan fingerprint density at radius 2 is 1.45 bits per heavy atom. The SMILES string of the molecule is CC1=Cc2c(-c3ccccc3)cccc2C1C[Si](=O)N(C)C1CCCCC1.C[Si](C)(C)C#C[Si](C)(C)C.[Ti+2]. The third-order valence-corrected chi connectivity index (χ3v) is 11.1. The first-order valence-corrected chi connectivity index (χ1v) is 22.6. The summed E-state index contributed by atoms with van der Waals surface area (Å²) in [7, 11) is -1.85. The molecule has 2 aromatic carbocycles. The van der Waals surface area contributed by atoms with Gasteiger partial charge >= 0.3 is 30.6 Å². The number of nitrogens with zero attached hydrogens (tertiary/aromatic N) is 1. The Hall–Kier alpha value is -1.30. The molecule has 38 heavy (non-hydrogen) atoms. The quantitative estimate of drug-likeness (QED) is 0.255. The minimum absolute atomic E-state index is 0. The zero-order valence-electron chi connectivity index (χ0n) is 24.9. The predicted molar refractivity (Wildman–Crippen MR) is 169 cm³/mol. The molecule has 4 rings (SSSR count). The van der Waals surface area contributed by atoms with Crippen molar-refractivity contribution in [2.75, 3.05) is 7.05 Å². The summed E-state index contributed by atoms with van der Waals surface area (Å²) in [4.78, 5) is 0. The van der Waals surface area contributed by atoms with Gasteiger partial charge in [0.25, 0.3) is 0 Å². The van der Waals surface area contributed by atoms with Crippen molar-refractivity contribution in [2.24, 2.45) is 0 Å². The van der Waals surface area contributed by atoms with Crippen molar-refractivity contribution in [3.63, 3.8) is 0 Å². The van der Waals surface area contributed by atoms with Crippen molar-refractivity contribution in [3.05, 3.63) is 65.2 Å². The molecule has 0 N–H and O–H groups in total. The smallest absolute Gasteiger partial charge is 0.377 e. The Kier molecular flexibility index (Phi) is 12.4. The van der Waals surface area contributed by atoms with Crippen LogP contribution in [0.25, 0.3) is 17.2 Å². The Balaban J connectivity index is 0.000000396. The van der Waals surface area contributed by atoms with Gasteiger partial charge in [-0.2, -0.15) is 0 Å². The first kappa shape index (κ1) is 32.9. The molecular formula is C32H47NOSi3Ti+2. The molecule has 0 bridgehead atoms. The van der Waals surface area contributed by atoms with E-state index in [1.165, 1.54) is 59.9 Å². The monoisotopic (exact) mass is 593 g/mol. The minimum Gasteiger partial charge on any atom is -0.377 e. The summed E-state index contributed by atoms with van der Waals surface area (Å²) < 4.78 is 15.4. The molecule has 0 radical (unpaired) electrons. The topological polar surface area (TPSA) is 20.3 Å². The number of hydrogen-bond acceptors (Lipinski definition) is 1. The van der Waals surface area contributed by atoms with Crippen LogP contribution in [0.4, 0.5) is 0 Å². The van der Waals surface area contributed by atoms with Crippen LogP contribution in [0.5, 0.6) is 0 Å². The van der Waals surface area contributed by atoms with Crippen LogP contribution >= 0.6 is 0 Å². The fourth-order valence-electron chi connectivity index (χ4n) is 5.13. The number of allylic oxidation sites excluding steroid dienone is 1. The van der Waals surface area contributed by atoms with Crippen molar-refractivity contribution in [3.8, 4) is 22.2 Å². The van der Waals surface area contributed by atoms with Gasteiger partial charge in [0.1, 0.15) is 16.1 Å². The number of fused-ring (bicyclic) bond motifs is 1. The van der Waals surface area contributed by atoms with Crippen LogP contribution in [-0.2, 0) is 26.2 Å². The van der Waals surface area contributed by atoms with E-state index < -0.39 is 25.0 Å². The van der Waals surface area contributed by atoms with Gasteiger partial charge in [0, 0.05) is 25.1 Å². The molecule has 200 valence electrons. The molecular weight excluding hydrogens is 546 g/mol. The van der Waals surface area contributed by atoms with Crippen molar-refractivity contribution in [2.45, 2.75) is 96.3 Å². The van der Waals surface area contributed by atoms with E-state index in [9.17, 15) is 4.46 Å². The summed E-state index contributed by atoms with van der Waals surface area (Å²) in [6, 6.07) is 18.5. The van der Waals surface area contributed by atoms with E-state index in [-0.39, 0.29) is 21.7 Å². The average molecular weight is 594 g/mol. The van der Waals surface area contributed by atoms with Gasteiger partial charge in [0.15, 0.2) is 0 Å². The van der Waals surface area contributed by atoms with Crippen LogP contribution in [0.15, 0.2) is 54.1 Å². The summed E-state index contributed by atoms with van der Waals surface area (Å²) in [5.74, 6) is 0.293. The molecule has 0 spiro atoms. The van der Waals surface area contributed by atoms with Gasteiger partial charge in [-0.3, -0.25) is 0 Å². The zero-order chi connectivity index (χ0) is 27.2. The Morgan fingerprint density at radius 3 is 2.00 bits per heavy atom. The van der Waals surface area contributed by atoms with Gasteiger partial charge in [0.2, 0.25) is 0 Å². The van der Waals surface area contributed by atoms with Crippen LogP contribution in [0.2, 0.25) is 45.3 Å². The van der Waals surface area contributed by atoms with Crippen molar-refractivity contribution in [1.82, 2.24) is 4.57 Å². The fourth-order valence-corrected chi connectivity index (χ4v) is 9.97. The largest absolute Gasteiger partial charge is 2.00 e. The standard InChI is InChI=1S/C24H29NOSi.C8H18Si2.Ti/c1-18-16-23-21(19-10-5-3-6-11-19)14-9-15-22(23)24(18)17-27(26)25(2)20-12-7-4-8-13-20;1-9(2,3)7-8-10(4,5)6;/h3,5-6,9-11,14-16,20,24H,4,7-8,12-13,17H2,1-2H3;1-6H3;/q;;+2. The van der Waals surface area contributed by atoms with E-state index in [1.807, 2.05) is 0 Å². The van der Waals surface area contributed by atoms with Crippen molar-refractivity contribution < 1.29 is 26.2 Å². The maximum absolute atomic E-state index is 13.2. The van der Waals surface area contributed by atoms with E-state index in [0.717, 1.165) is 6.04 Å². The molecule has 2 aromatic rings. The van der Waals surface area contributed by atoms with E-state index in [2.05, 4.69) is 124 Å². The second-order valence-electron chi connectivity index (χ2n) is 12.9. The average Bonchev–Trinajstić information content (AvgIpc) is 3.18. The summed E-state index contributed by atoms with van der Waals surface area (Å²) >= 11 is 0. The second kappa shape index (κ2) is 14.4. The maximum atomic E-state index is 13.2. The van der Waals surface area contributed by atoms with E-state index >= 15 is 0 Å². The van der Waals surface area contributed by atoms with Gasteiger partial charge in [-0.25, -0.2) is 0 Å². The summed E-state index contributed by atoms with van der Waals surface area (Å²) in [6.45, 7) is 16.0. The third-order valence-electron chi connectivity index (χ3n) is 7.23. The molecule has 0 saturated heterocycles. The van der Waals surface area contributed by atoms with Crippen molar-refractivity contribution in [1.29, 1.82) is 0 Å². The maximum Gasteiger partial charge on any atom is 2.00 e. The summed E-state index contributed by atoms with van der Waals surface area (Å²) in [5.41, 5.74) is 13.4. The number of benzene rings is 2. The van der Waals surface area contributed by atoms with Gasteiger partial charge in [-0.15, -0.1) is 11.1 Å². The van der Waals surface area contributed by atoms with Crippen molar-refractivity contribution >= 4 is 31.1 Å². The van der Waals surface area contributed by atoms with Gasteiger partial charge < -0.3 is 9.03 Å². The molecule has 0 aliphatic heterocycles. The van der Waals surface area contributed by atoms with Crippen LogP contribution in [0, 0.1) is 11.1 Å². The molecule has 0 amide bonds. The molecule has 2 aliphatic rings. The van der Waals surface area contributed by atoms with Crippen LogP contribution < -0.4 is 0 Å². The normalized spacial score (nSPS) is 17.1. The fraction of sp³-hybridized carbons (Fsp3) is 0.500. The molecule has 1 fully saturated rings. The molecule has 0 aromatic heterocycles. The van der Waals surface area contributed by atoms with Gasteiger partial charge in [-0.05, 0) is 42.0 Å². The van der Waals surface area contributed by atoms with Gasteiger partial charge in [-0.1, -0.05) is 119 Å². The Labute approximate surface area is 251 Å². The molecule has 1 saturated carbocycles. The molecule has 2 nitrogen and oxygen atoms in total. The number of hydrogen-bond donors (Lipinski definition) is 0. The van der Waals surface area contributed by atoms with E-state index in [0.29, 0.717) is 12.0 Å². The Morgan fingerprint density at radius 1 is 0.868 bits per heavy atom. The molecule has 0 heterocycles. The van der Waals surface area contributed by atoms with E-state index in [4.69, 9.17) is 0 Å². The summed E-state index contributed by atoms with van der Waals surface area (Å²) in [6.07, 6.45) is 8.65. The Bertz CT molecular complexity index is 1150. The second-order valence-corrected chi connectivity index (χ2v) is 24.3. The third kappa shape index (κ3) is 9.71. The number of rotatable bonds is 5. The van der Waals surface area contributed by atoms with E-state index in [1.54, 1.807) is 0 Å². The molecule has 1 atom stereocenters. The predicted octanol–water partition coefficient (Wildman–Crippen LogP) is 8.78. The first-order valence-electron chi connectivity index (χ1n) is 14.0. The van der Waals surface area contributed by atoms with Crippen LogP contribution in [0.3, 0.4) is 0 Å². The summed E-state index contributed by atoms with van der Waals surface area (Å²) in [5, 5.41) is 0. The molecule has 1 unspecified atom stereocenters. The molecule has 6 heteroatoms. The zero-order valence-corrected chi connectivity index (χ0v) is 29.5. The molecule has 2 aliphatic carbocycles.